The van der Waals surface area contributed by atoms with Gasteiger partial charge in [-0.3, -0.25) is 0 Å². The lowest BCUT2D eigenvalue weighted by Crippen LogP contribution is -2.31. The van der Waals surface area contributed by atoms with E-state index >= 15 is 0 Å². The van der Waals surface area contributed by atoms with Crippen LogP contribution in [-0.2, 0) is 10.0 Å². The molecule has 0 saturated heterocycles. The molecule has 0 fully saturated rings. The number of fused-ring (bicyclic) bond motifs is 3. The Kier molecular flexibility index (Phi) is 6.65. The van der Waals surface area contributed by atoms with Gasteiger partial charge in [-0.05, 0) is 48.8 Å². The molecular weight excluding hydrogens is 470 g/mol. The minimum Gasteiger partial charge on any atom is -0.308 e. The summed E-state index contributed by atoms with van der Waals surface area (Å²) in [6.45, 7) is 0.893. The Morgan fingerprint density at radius 3 is 2.47 bits per heavy atom. The summed E-state index contributed by atoms with van der Waals surface area (Å²) in [7, 11) is 0.0239. The SMILES string of the molecule is CN(C)CCNS(=O)(=O)c1cc(-n2nc3ccc4ccccc4c3n2)ccc1C=Cc1ccccc1. The van der Waals surface area contributed by atoms with Crippen molar-refractivity contribution in [2.45, 2.75) is 4.90 Å². The van der Waals surface area contributed by atoms with Crippen LogP contribution in [0.1, 0.15) is 11.1 Å². The highest BCUT2D eigenvalue weighted by molar-refractivity contribution is 7.89. The standard InChI is InChI=1S/C28H27N5O2S/c1-32(2)19-18-29-36(34,35)27-20-24(16-14-23(27)13-12-21-8-4-3-5-9-21)33-30-26-17-15-22-10-6-7-11-25(22)28(26)31-33/h3-17,20,29H,18-19H2,1-2H3. The van der Waals surface area contributed by atoms with Crippen LogP contribution in [0.2, 0.25) is 0 Å². The Balaban J connectivity index is 1.58. The molecule has 0 spiro atoms. The minimum atomic E-state index is -3.78. The van der Waals surface area contributed by atoms with Crippen LogP contribution >= 0.6 is 0 Å². The molecule has 0 bridgehead atoms. The van der Waals surface area contributed by atoms with Gasteiger partial charge >= 0.3 is 0 Å². The predicted octanol–water partition coefficient (Wildman–Crippen LogP) is 4.58. The van der Waals surface area contributed by atoms with Gasteiger partial charge in [0.05, 0.1) is 10.6 Å². The largest absolute Gasteiger partial charge is 0.308 e. The minimum absolute atomic E-state index is 0.178. The second-order valence-corrected chi connectivity index (χ2v) is 10.5. The van der Waals surface area contributed by atoms with Gasteiger partial charge in [0.2, 0.25) is 10.0 Å². The van der Waals surface area contributed by atoms with Crippen LogP contribution in [0, 0.1) is 0 Å². The van der Waals surface area contributed by atoms with E-state index in [0.717, 1.165) is 27.4 Å². The van der Waals surface area contributed by atoms with E-state index < -0.39 is 10.0 Å². The maximum atomic E-state index is 13.4. The van der Waals surface area contributed by atoms with Crippen LogP contribution in [0.3, 0.4) is 0 Å². The van der Waals surface area contributed by atoms with Crippen molar-refractivity contribution in [1.82, 2.24) is 24.6 Å². The average Bonchev–Trinajstić information content (AvgIpc) is 3.33. The van der Waals surface area contributed by atoms with Crippen LogP contribution in [0.5, 0.6) is 0 Å². The molecule has 4 aromatic carbocycles. The number of nitrogens with one attached hydrogen (secondary N) is 1. The molecule has 0 amide bonds. The van der Waals surface area contributed by atoms with Gasteiger partial charge in [0, 0.05) is 18.5 Å². The van der Waals surface area contributed by atoms with E-state index in [1.54, 1.807) is 12.1 Å². The van der Waals surface area contributed by atoms with E-state index in [9.17, 15) is 8.42 Å². The highest BCUT2D eigenvalue weighted by atomic mass is 32.2. The molecule has 0 atom stereocenters. The lowest BCUT2D eigenvalue weighted by atomic mass is 10.1. The van der Waals surface area contributed by atoms with Crippen molar-refractivity contribution < 1.29 is 8.42 Å². The molecule has 182 valence electrons. The summed E-state index contributed by atoms with van der Waals surface area (Å²) < 4.78 is 29.4. The Hall–Kier alpha value is -3.85. The molecule has 5 aromatic rings. The molecule has 0 aliphatic carbocycles. The first-order valence-electron chi connectivity index (χ1n) is 11.7. The fraction of sp³-hybridized carbons (Fsp3) is 0.143. The van der Waals surface area contributed by atoms with E-state index in [-0.39, 0.29) is 4.90 Å². The van der Waals surface area contributed by atoms with Crippen molar-refractivity contribution in [3.05, 3.63) is 96.1 Å². The predicted molar refractivity (Wildman–Crippen MR) is 145 cm³/mol. The number of hydrogen-bond donors (Lipinski definition) is 1. The number of nitrogens with zero attached hydrogens (tertiary/aromatic N) is 4. The highest BCUT2D eigenvalue weighted by Gasteiger charge is 2.19. The van der Waals surface area contributed by atoms with E-state index in [0.29, 0.717) is 24.3 Å². The normalized spacial score (nSPS) is 12.3. The molecule has 8 heteroatoms. The topological polar surface area (TPSA) is 80.1 Å². The number of rotatable bonds is 8. The number of sulfonamides is 1. The van der Waals surface area contributed by atoms with Gasteiger partial charge in [-0.2, -0.15) is 4.80 Å². The fourth-order valence-electron chi connectivity index (χ4n) is 4.01. The molecule has 0 aliphatic heterocycles. The van der Waals surface area contributed by atoms with Gasteiger partial charge in [-0.15, -0.1) is 10.2 Å². The molecule has 36 heavy (non-hydrogen) atoms. The molecule has 0 saturated carbocycles. The second-order valence-electron chi connectivity index (χ2n) is 8.81. The van der Waals surface area contributed by atoms with Crippen molar-refractivity contribution in [3.8, 4) is 5.69 Å². The van der Waals surface area contributed by atoms with Gasteiger partial charge in [0.1, 0.15) is 11.0 Å². The van der Waals surface area contributed by atoms with Crippen LogP contribution < -0.4 is 4.72 Å². The Bertz CT molecular complexity index is 1660. The van der Waals surface area contributed by atoms with E-state index in [1.807, 2.05) is 104 Å². The lowest BCUT2D eigenvalue weighted by Gasteiger charge is -2.13. The smallest absolute Gasteiger partial charge is 0.241 e. The molecule has 0 unspecified atom stereocenters. The van der Waals surface area contributed by atoms with Crippen molar-refractivity contribution in [2.75, 3.05) is 27.2 Å². The summed E-state index contributed by atoms with van der Waals surface area (Å²) >= 11 is 0. The first kappa shape index (κ1) is 23.9. The van der Waals surface area contributed by atoms with E-state index in [1.165, 1.54) is 4.80 Å². The van der Waals surface area contributed by atoms with Crippen LogP contribution in [0.25, 0.3) is 39.6 Å². The van der Waals surface area contributed by atoms with E-state index in [4.69, 9.17) is 5.10 Å². The Morgan fingerprint density at radius 2 is 1.67 bits per heavy atom. The average molecular weight is 498 g/mol. The molecule has 1 N–H and O–H groups in total. The highest BCUT2D eigenvalue weighted by Crippen LogP contribution is 2.26. The number of benzene rings is 4. The van der Waals surface area contributed by atoms with Gasteiger partial charge < -0.3 is 4.90 Å². The third-order valence-corrected chi connectivity index (χ3v) is 7.42. The Labute approximate surface area is 210 Å². The second kappa shape index (κ2) is 10.0. The zero-order valence-electron chi connectivity index (χ0n) is 20.2. The fourth-order valence-corrected chi connectivity index (χ4v) is 5.25. The molecule has 1 heterocycles. The number of aromatic nitrogens is 3. The van der Waals surface area contributed by atoms with E-state index in [2.05, 4.69) is 9.82 Å². The summed E-state index contributed by atoms with van der Waals surface area (Å²) in [5, 5.41) is 11.4. The van der Waals surface area contributed by atoms with Gasteiger partial charge in [-0.25, -0.2) is 13.1 Å². The van der Waals surface area contributed by atoms with Gasteiger partial charge in [0.25, 0.3) is 0 Å². The first-order chi connectivity index (χ1) is 17.4. The summed E-state index contributed by atoms with van der Waals surface area (Å²) in [5.41, 5.74) is 3.66. The molecule has 7 nitrogen and oxygen atoms in total. The van der Waals surface area contributed by atoms with Crippen LogP contribution in [0.15, 0.2) is 89.8 Å². The molecule has 5 rings (SSSR count). The van der Waals surface area contributed by atoms with Crippen molar-refractivity contribution in [1.29, 1.82) is 0 Å². The lowest BCUT2D eigenvalue weighted by molar-refractivity contribution is 0.412. The maximum absolute atomic E-state index is 13.4. The Morgan fingerprint density at radius 1 is 0.889 bits per heavy atom. The van der Waals surface area contributed by atoms with Crippen LogP contribution in [-0.4, -0.2) is 55.5 Å². The van der Waals surface area contributed by atoms with Crippen molar-refractivity contribution in [3.63, 3.8) is 0 Å². The molecule has 0 radical (unpaired) electrons. The summed E-state index contributed by atoms with van der Waals surface area (Å²) in [5.74, 6) is 0. The molecular formula is C28H27N5O2S. The monoisotopic (exact) mass is 497 g/mol. The number of hydrogen-bond acceptors (Lipinski definition) is 5. The summed E-state index contributed by atoms with van der Waals surface area (Å²) in [6.07, 6.45) is 3.72. The third kappa shape index (κ3) is 5.06. The zero-order valence-corrected chi connectivity index (χ0v) is 21.0. The molecule has 0 aliphatic rings. The molecule has 1 aromatic heterocycles. The number of likely N-dealkylation sites (N-methyl/N-ethyl adjacent to an activating group) is 1. The maximum Gasteiger partial charge on any atom is 0.241 e. The third-order valence-electron chi connectivity index (χ3n) is 5.90. The van der Waals surface area contributed by atoms with Gasteiger partial charge in [0.15, 0.2) is 0 Å². The summed E-state index contributed by atoms with van der Waals surface area (Å²) in [6, 6.07) is 27.0. The first-order valence-corrected chi connectivity index (χ1v) is 13.2. The quantitative estimate of drug-likeness (QED) is 0.317. The zero-order chi connectivity index (χ0) is 25.1. The van der Waals surface area contributed by atoms with Crippen molar-refractivity contribution >= 4 is 44.0 Å². The van der Waals surface area contributed by atoms with Crippen LogP contribution in [0.4, 0.5) is 0 Å². The van der Waals surface area contributed by atoms with Crippen molar-refractivity contribution in [2.24, 2.45) is 0 Å². The summed E-state index contributed by atoms with van der Waals surface area (Å²) in [4.78, 5) is 3.61. The van der Waals surface area contributed by atoms with Gasteiger partial charge in [-0.1, -0.05) is 78.9 Å².